The number of nitrogens with zero attached hydrogens (tertiary/aromatic N) is 1. The first-order chi connectivity index (χ1) is 15.1. The summed E-state index contributed by atoms with van der Waals surface area (Å²) in [6.45, 7) is 4.40. The molecule has 4 aromatic carbocycles. The molecule has 0 aliphatic carbocycles. The lowest BCUT2D eigenvalue weighted by atomic mass is 9.94. The Balaban J connectivity index is 1.68. The average molecular weight is 401 g/mol. The van der Waals surface area contributed by atoms with E-state index in [2.05, 4.69) is 129 Å². The second-order valence-corrected chi connectivity index (χ2v) is 8.26. The van der Waals surface area contributed by atoms with Gasteiger partial charge in [-0.05, 0) is 58.3 Å². The van der Waals surface area contributed by atoms with E-state index in [4.69, 9.17) is 0 Å². The summed E-state index contributed by atoms with van der Waals surface area (Å²) in [5, 5.41) is 2.56. The summed E-state index contributed by atoms with van der Waals surface area (Å²) in [7, 11) is 2.17. The van der Waals surface area contributed by atoms with Gasteiger partial charge in [0.2, 0.25) is 5.69 Å². The monoisotopic (exact) mass is 400 g/mol. The Bertz CT molecular complexity index is 1380. The zero-order valence-electron chi connectivity index (χ0n) is 18.3. The van der Waals surface area contributed by atoms with Gasteiger partial charge in [0.1, 0.15) is 7.05 Å². The summed E-state index contributed by atoms with van der Waals surface area (Å²) in [5.41, 5.74) is 10.1. The van der Waals surface area contributed by atoms with Crippen molar-refractivity contribution >= 4 is 10.8 Å². The maximum absolute atomic E-state index is 2.31. The van der Waals surface area contributed by atoms with Gasteiger partial charge in [-0.15, -0.1) is 0 Å². The fourth-order valence-corrected chi connectivity index (χ4v) is 4.45. The van der Waals surface area contributed by atoms with Gasteiger partial charge < -0.3 is 0 Å². The van der Waals surface area contributed by atoms with Crippen LogP contribution in [-0.2, 0) is 7.05 Å². The van der Waals surface area contributed by atoms with Crippen LogP contribution in [0.3, 0.4) is 0 Å². The molecule has 1 heterocycles. The predicted octanol–water partition coefficient (Wildman–Crippen LogP) is 7.28. The molecule has 0 aliphatic heterocycles. The van der Waals surface area contributed by atoms with Crippen molar-refractivity contribution in [3.63, 3.8) is 0 Å². The Labute approximate surface area is 184 Å². The summed E-state index contributed by atoms with van der Waals surface area (Å²) in [4.78, 5) is 0. The van der Waals surface area contributed by atoms with Gasteiger partial charge in [-0.2, -0.15) is 4.57 Å². The maximum Gasteiger partial charge on any atom is 0.220 e. The highest BCUT2D eigenvalue weighted by Gasteiger charge is 2.20. The van der Waals surface area contributed by atoms with E-state index >= 15 is 0 Å². The molecule has 0 bridgehead atoms. The standard InChI is InChI=1S/C30H26N/c1-21-18-25(23-10-6-4-7-11-23)14-16-28(21)30-29-17-15-26(24-12-8-5-9-13-24)20-27(29)19-22(2)31(30)3/h4-20H,1-3H3/q+1. The summed E-state index contributed by atoms with van der Waals surface area (Å²) in [6, 6.07) is 37.1. The molecule has 0 fully saturated rings. The van der Waals surface area contributed by atoms with Gasteiger partial charge in [-0.1, -0.05) is 78.9 Å². The topological polar surface area (TPSA) is 3.88 Å². The lowest BCUT2D eigenvalue weighted by Gasteiger charge is -2.12. The SMILES string of the molecule is Cc1cc(-c2ccccc2)ccc1-c1c2ccc(-c3ccccc3)cc2cc(C)[n+]1C. The van der Waals surface area contributed by atoms with E-state index in [1.165, 1.54) is 55.5 Å². The zero-order chi connectivity index (χ0) is 21.4. The van der Waals surface area contributed by atoms with Crippen molar-refractivity contribution in [2.24, 2.45) is 7.05 Å². The number of rotatable bonds is 3. The highest BCUT2D eigenvalue weighted by molar-refractivity contribution is 5.96. The molecule has 31 heavy (non-hydrogen) atoms. The van der Waals surface area contributed by atoms with Crippen LogP contribution in [-0.4, -0.2) is 0 Å². The van der Waals surface area contributed by atoms with E-state index < -0.39 is 0 Å². The van der Waals surface area contributed by atoms with Crippen molar-refractivity contribution in [3.05, 3.63) is 114 Å². The third-order valence-corrected chi connectivity index (χ3v) is 6.23. The minimum absolute atomic E-state index is 1.25. The summed E-state index contributed by atoms with van der Waals surface area (Å²) in [6.07, 6.45) is 0. The van der Waals surface area contributed by atoms with Crippen molar-refractivity contribution in [2.45, 2.75) is 13.8 Å². The third-order valence-electron chi connectivity index (χ3n) is 6.23. The molecule has 0 radical (unpaired) electrons. The van der Waals surface area contributed by atoms with Gasteiger partial charge in [-0.25, -0.2) is 0 Å². The molecule has 5 aromatic rings. The molecule has 1 aromatic heterocycles. The van der Waals surface area contributed by atoms with Crippen LogP contribution in [0.2, 0.25) is 0 Å². The fourth-order valence-electron chi connectivity index (χ4n) is 4.45. The second kappa shape index (κ2) is 7.85. The van der Waals surface area contributed by atoms with E-state index in [-0.39, 0.29) is 0 Å². The Morgan fingerprint density at radius 2 is 1.13 bits per heavy atom. The van der Waals surface area contributed by atoms with E-state index in [1.807, 2.05) is 0 Å². The molecule has 1 nitrogen and oxygen atoms in total. The number of benzene rings is 4. The average Bonchev–Trinajstić information content (AvgIpc) is 2.81. The zero-order valence-corrected chi connectivity index (χ0v) is 18.3. The Morgan fingerprint density at radius 1 is 0.548 bits per heavy atom. The molecule has 0 amide bonds. The van der Waals surface area contributed by atoms with Crippen LogP contribution in [0.15, 0.2) is 103 Å². The fraction of sp³-hybridized carbons (Fsp3) is 0.100. The first-order valence-electron chi connectivity index (χ1n) is 10.8. The Hall–Kier alpha value is -3.71. The highest BCUT2D eigenvalue weighted by atomic mass is 14.9. The Kier molecular flexibility index (Phi) is 4.88. The molecule has 0 N–H and O–H groups in total. The first kappa shape index (κ1) is 19.3. The van der Waals surface area contributed by atoms with Crippen molar-refractivity contribution < 1.29 is 4.57 Å². The van der Waals surface area contributed by atoms with Crippen LogP contribution in [0.4, 0.5) is 0 Å². The predicted molar refractivity (Wildman–Crippen MR) is 131 cm³/mol. The number of pyridine rings is 1. The van der Waals surface area contributed by atoms with E-state index in [1.54, 1.807) is 0 Å². The van der Waals surface area contributed by atoms with Crippen molar-refractivity contribution in [2.75, 3.05) is 0 Å². The normalized spacial score (nSPS) is 11.1. The third kappa shape index (κ3) is 3.53. The summed E-state index contributed by atoms with van der Waals surface area (Å²) in [5.74, 6) is 0. The minimum Gasteiger partial charge on any atom is -0.198 e. The van der Waals surface area contributed by atoms with Crippen molar-refractivity contribution in [1.82, 2.24) is 0 Å². The molecule has 150 valence electrons. The van der Waals surface area contributed by atoms with Crippen LogP contribution in [0, 0.1) is 13.8 Å². The quantitative estimate of drug-likeness (QED) is 0.280. The molecular weight excluding hydrogens is 374 g/mol. The molecule has 0 unspecified atom stereocenters. The van der Waals surface area contributed by atoms with E-state index in [9.17, 15) is 0 Å². The van der Waals surface area contributed by atoms with E-state index in [0.717, 1.165) is 0 Å². The van der Waals surface area contributed by atoms with Gasteiger partial charge in [0.25, 0.3) is 0 Å². The van der Waals surface area contributed by atoms with Crippen LogP contribution >= 0.6 is 0 Å². The van der Waals surface area contributed by atoms with Crippen molar-refractivity contribution in [1.29, 1.82) is 0 Å². The van der Waals surface area contributed by atoms with Crippen LogP contribution in [0.1, 0.15) is 11.3 Å². The molecule has 0 saturated heterocycles. The molecule has 0 saturated carbocycles. The highest BCUT2D eigenvalue weighted by Crippen LogP contribution is 2.33. The maximum atomic E-state index is 2.31. The second-order valence-electron chi connectivity index (χ2n) is 8.26. The Morgan fingerprint density at radius 3 is 1.74 bits per heavy atom. The lowest BCUT2D eigenvalue weighted by molar-refractivity contribution is -0.665. The minimum atomic E-state index is 1.25. The largest absolute Gasteiger partial charge is 0.220 e. The van der Waals surface area contributed by atoms with Crippen LogP contribution < -0.4 is 4.57 Å². The number of aromatic nitrogens is 1. The molecule has 5 rings (SSSR count). The van der Waals surface area contributed by atoms with Crippen LogP contribution in [0.5, 0.6) is 0 Å². The molecule has 1 heteroatoms. The van der Waals surface area contributed by atoms with Crippen molar-refractivity contribution in [3.8, 4) is 33.5 Å². The summed E-state index contributed by atoms with van der Waals surface area (Å²) < 4.78 is 2.31. The summed E-state index contributed by atoms with van der Waals surface area (Å²) >= 11 is 0. The van der Waals surface area contributed by atoms with Crippen LogP contribution in [0.25, 0.3) is 44.3 Å². The van der Waals surface area contributed by atoms with Gasteiger partial charge in [-0.3, -0.25) is 0 Å². The molecule has 0 aliphatic rings. The number of aryl methyl sites for hydroxylation is 2. The number of hydrogen-bond acceptors (Lipinski definition) is 0. The smallest absolute Gasteiger partial charge is 0.198 e. The van der Waals surface area contributed by atoms with Gasteiger partial charge in [0, 0.05) is 18.6 Å². The number of hydrogen-bond donors (Lipinski definition) is 0. The van der Waals surface area contributed by atoms with E-state index in [0.29, 0.717) is 0 Å². The molecule has 0 atom stereocenters. The van der Waals surface area contributed by atoms with Gasteiger partial charge >= 0.3 is 0 Å². The molecule has 0 spiro atoms. The molecular formula is C30H26N+. The van der Waals surface area contributed by atoms with Gasteiger partial charge in [0.05, 0.1) is 5.39 Å². The number of fused-ring (bicyclic) bond motifs is 1. The lowest BCUT2D eigenvalue weighted by Crippen LogP contribution is -2.35. The van der Waals surface area contributed by atoms with Gasteiger partial charge in [0.15, 0.2) is 5.69 Å². The first-order valence-corrected chi connectivity index (χ1v) is 10.8.